The van der Waals surface area contributed by atoms with Crippen molar-refractivity contribution in [2.24, 2.45) is 0 Å². The van der Waals surface area contributed by atoms with Crippen LogP contribution < -0.4 is 20.5 Å². The Morgan fingerprint density at radius 3 is 2.91 bits per heavy atom. The second-order valence-electron chi connectivity index (χ2n) is 8.52. The van der Waals surface area contributed by atoms with Crippen molar-refractivity contribution in [3.05, 3.63) is 63.7 Å². The van der Waals surface area contributed by atoms with E-state index in [4.69, 9.17) is 4.74 Å². The maximum Gasteiger partial charge on any atom is 0.269 e. The number of nitrogens with zero attached hydrogens (tertiary/aromatic N) is 3. The molecular formula is C24H27N5O3. The number of fused-ring (bicyclic) bond motifs is 3. The Bertz CT molecular complexity index is 1220. The summed E-state index contributed by atoms with van der Waals surface area (Å²) in [6, 6.07) is 10.1. The molecular weight excluding hydrogens is 406 g/mol. The van der Waals surface area contributed by atoms with Crippen LogP contribution in [0.1, 0.15) is 28.0 Å². The summed E-state index contributed by atoms with van der Waals surface area (Å²) in [7, 11) is 1.60. The Hall–Kier alpha value is -3.39. The van der Waals surface area contributed by atoms with Crippen molar-refractivity contribution in [1.29, 1.82) is 0 Å². The van der Waals surface area contributed by atoms with Crippen LogP contribution in [0.4, 0.5) is 5.69 Å². The number of carbonyl (C=O) groups is 1. The molecule has 1 fully saturated rings. The zero-order valence-electron chi connectivity index (χ0n) is 18.4. The molecule has 0 aliphatic carbocycles. The summed E-state index contributed by atoms with van der Waals surface area (Å²) in [5.41, 5.74) is 4.06. The number of nitrogens with one attached hydrogen (secondary N) is 2. The number of ether oxygens (including phenoxy) is 1. The predicted molar refractivity (Wildman–Crippen MR) is 123 cm³/mol. The van der Waals surface area contributed by atoms with Gasteiger partial charge in [-0.15, -0.1) is 0 Å². The lowest BCUT2D eigenvalue weighted by Crippen LogP contribution is -2.53. The highest BCUT2D eigenvalue weighted by molar-refractivity contribution is 5.92. The minimum Gasteiger partial charge on any atom is -0.493 e. The first kappa shape index (κ1) is 20.5. The van der Waals surface area contributed by atoms with Crippen LogP contribution >= 0.6 is 0 Å². The molecule has 5 rings (SSSR count). The third-order valence-corrected chi connectivity index (χ3v) is 6.47. The third-order valence-electron chi connectivity index (χ3n) is 6.47. The molecule has 1 unspecified atom stereocenters. The van der Waals surface area contributed by atoms with Gasteiger partial charge in [-0.1, -0.05) is 0 Å². The normalized spacial score (nSPS) is 18.8. The number of benzene rings is 1. The molecule has 4 heterocycles. The molecule has 8 heteroatoms. The lowest BCUT2D eigenvalue weighted by Gasteiger charge is -2.43. The summed E-state index contributed by atoms with van der Waals surface area (Å²) < 4.78 is 6.16. The van der Waals surface area contributed by atoms with E-state index in [9.17, 15) is 9.59 Å². The zero-order chi connectivity index (χ0) is 22.2. The topological polar surface area (TPSA) is 90.6 Å². The molecule has 2 N–H and O–H groups in total. The van der Waals surface area contributed by atoms with E-state index < -0.39 is 0 Å². The van der Waals surface area contributed by atoms with Crippen molar-refractivity contribution in [1.82, 2.24) is 20.2 Å². The van der Waals surface area contributed by atoms with Gasteiger partial charge in [-0.2, -0.15) is 0 Å². The van der Waals surface area contributed by atoms with Gasteiger partial charge in [0.05, 0.1) is 18.5 Å². The molecule has 0 radical (unpaired) electrons. The summed E-state index contributed by atoms with van der Waals surface area (Å²) >= 11 is 0. The fraction of sp³-hybridized carbons (Fsp3) is 0.375. The smallest absolute Gasteiger partial charge is 0.269 e. The first-order valence-corrected chi connectivity index (χ1v) is 11.0. The van der Waals surface area contributed by atoms with Crippen LogP contribution in [0, 0.1) is 6.92 Å². The molecule has 2 aliphatic rings. The number of pyridine rings is 2. The standard InChI is InChI=1S/C24H27N5O3/c1-15-9-16-11-22-17(10-21(16)27-23(15)30)13-28-6-7-29(14-19(28)5-8-32-22)18-3-4-20(26-12-18)24(31)25-2/h3-4,9-12,19H,5-8,13-14H2,1-2H3,(H,25,31)(H,27,30). The van der Waals surface area contributed by atoms with Gasteiger partial charge in [-0.25, -0.2) is 4.98 Å². The van der Waals surface area contributed by atoms with Crippen molar-refractivity contribution in [3.8, 4) is 5.75 Å². The summed E-state index contributed by atoms with van der Waals surface area (Å²) in [5, 5.41) is 3.60. The summed E-state index contributed by atoms with van der Waals surface area (Å²) in [6.07, 6.45) is 2.71. The lowest BCUT2D eigenvalue weighted by molar-refractivity contribution is 0.0958. The lowest BCUT2D eigenvalue weighted by atomic mass is 10.0. The summed E-state index contributed by atoms with van der Waals surface area (Å²) in [4.78, 5) is 35.9. The van der Waals surface area contributed by atoms with E-state index in [0.717, 1.165) is 60.5 Å². The van der Waals surface area contributed by atoms with Crippen molar-refractivity contribution in [3.63, 3.8) is 0 Å². The molecule has 1 saturated heterocycles. The molecule has 2 aromatic heterocycles. The average Bonchev–Trinajstić information content (AvgIpc) is 2.79. The quantitative estimate of drug-likeness (QED) is 0.643. The number of aromatic amines is 1. The van der Waals surface area contributed by atoms with Crippen LogP contribution in [0.15, 0.2) is 41.3 Å². The Balaban J connectivity index is 1.36. The summed E-state index contributed by atoms with van der Waals surface area (Å²) in [5.74, 6) is 0.722. The number of amides is 1. The van der Waals surface area contributed by atoms with Gasteiger partial charge in [0.25, 0.3) is 11.5 Å². The number of piperazine rings is 1. The van der Waals surface area contributed by atoms with E-state index in [2.05, 4.69) is 31.2 Å². The molecule has 3 aromatic rings. The first-order valence-electron chi connectivity index (χ1n) is 11.0. The van der Waals surface area contributed by atoms with Gasteiger partial charge in [-0.05, 0) is 43.7 Å². The maximum absolute atomic E-state index is 12.1. The number of H-pyrrole nitrogens is 1. The van der Waals surface area contributed by atoms with Crippen molar-refractivity contribution in [2.45, 2.75) is 25.9 Å². The van der Waals surface area contributed by atoms with Crippen LogP contribution in [-0.4, -0.2) is 60.1 Å². The van der Waals surface area contributed by atoms with E-state index in [1.165, 1.54) is 0 Å². The van der Waals surface area contributed by atoms with Gasteiger partial charge in [-0.3, -0.25) is 14.5 Å². The fourth-order valence-corrected chi connectivity index (χ4v) is 4.61. The van der Waals surface area contributed by atoms with Gasteiger partial charge >= 0.3 is 0 Å². The molecule has 1 atom stereocenters. The molecule has 32 heavy (non-hydrogen) atoms. The first-order chi connectivity index (χ1) is 15.5. The van der Waals surface area contributed by atoms with E-state index in [1.807, 2.05) is 25.1 Å². The zero-order valence-corrected chi connectivity index (χ0v) is 18.4. The predicted octanol–water partition coefficient (Wildman–Crippen LogP) is 2.06. The van der Waals surface area contributed by atoms with E-state index in [1.54, 1.807) is 19.3 Å². The largest absolute Gasteiger partial charge is 0.493 e. The number of aromatic nitrogens is 2. The number of aryl methyl sites for hydroxylation is 1. The Morgan fingerprint density at radius 1 is 1.25 bits per heavy atom. The Kier molecular flexibility index (Phi) is 5.30. The second-order valence-corrected chi connectivity index (χ2v) is 8.52. The number of carbonyl (C=O) groups excluding carboxylic acids is 1. The Morgan fingerprint density at radius 2 is 2.12 bits per heavy atom. The van der Waals surface area contributed by atoms with Crippen molar-refractivity contribution < 1.29 is 9.53 Å². The van der Waals surface area contributed by atoms with Gasteiger partial charge in [0.15, 0.2) is 0 Å². The van der Waals surface area contributed by atoms with Crippen molar-refractivity contribution >= 4 is 22.5 Å². The number of anilines is 1. The number of hydrogen-bond donors (Lipinski definition) is 2. The van der Waals surface area contributed by atoms with Gasteiger partial charge in [0, 0.05) is 61.3 Å². The highest BCUT2D eigenvalue weighted by atomic mass is 16.5. The second kappa shape index (κ2) is 8.27. The highest BCUT2D eigenvalue weighted by Crippen LogP contribution is 2.31. The minimum atomic E-state index is -0.179. The average molecular weight is 434 g/mol. The molecule has 0 spiro atoms. The molecule has 0 bridgehead atoms. The van der Waals surface area contributed by atoms with E-state index in [-0.39, 0.29) is 11.5 Å². The van der Waals surface area contributed by atoms with E-state index >= 15 is 0 Å². The Labute approximate surface area is 186 Å². The van der Waals surface area contributed by atoms with Crippen LogP contribution in [-0.2, 0) is 6.54 Å². The highest BCUT2D eigenvalue weighted by Gasteiger charge is 2.29. The summed E-state index contributed by atoms with van der Waals surface area (Å²) in [6.45, 7) is 5.93. The SMILES string of the molecule is CNC(=O)c1ccc(N2CCN3Cc4cc5[nH]c(=O)c(C)cc5cc4OCCC3C2)cn1. The van der Waals surface area contributed by atoms with Crippen LogP contribution in [0.2, 0.25) is 0 Å². The number of hydrogen-bond acceptors (Lipinski definition) is 6. The van der Waals surface area contributed by atoms with Gasteiger partial charge in [0.1, 0.15) is 11.4 Å². The minimum absolute atomic E-state index is 0.0493. The molecule has 166 valence electrons. The van der Waals surface area contributed by atoms with E-state index in [0.29, 0.717) is 23.9 Å². The fourth-order valence-electron chi connectivity index (χ4n) is 4.61. The maximum atomic E-state index is 12.1. The molecule has 1 aromatic carbocycles. The molecule has 8 nitrogen and oxygen atoms in total. The molecule has 0 saturated carbocycles. The van der Waals surface area contributed by atoms with Crippen LogP contribution in [0.5, 0.6) is 5.75 Å². The number of rotatable bonds is 2. The van der Waals surface area contributed by atoms with Crippen LogP contribution in [0.25, 0.3) is 10.9 Å². The van der Waals surface area contributed by atoms with Gasteiger partial charge < -0.3 is 19.9 Å². The third kappa shape index (κ3) is 3.82. The monoisotopic (exact) mass is 433 g/mol. The van der Waals surface area contributed by atoms with Crippen molar-refractivity contribution in [2.75, 3.05) is 38.2 Å². The molecule has 2 aliphatic heterocycles. The van der Waals surface area contributed by atoms with Gasteiger partial charge in [0.2, 0.25) is 0 Å². The molecule has 1 amide bonds. The van der Waals surface area contributed by atoms with Crippen LogP contribution in [0.3, 0.4) is 0 Å².